The maximum absolute atomic E-state index is 13.5. The maximum Gasteiger partial charge on any atom is 0.258 e. The van der Waals surface area contributed by atoms with Gasteiger partial charge in [-0.3, -0.25) is 0 Å². The maximum atomic E-state index is 13.5. The molecule has 144 valence electrons. The summed E-state index contributed by atoms with van der Waals surface area (Å²) in [5.41, 5.74) is 2.01. The lowest BCUT2D eigenvalue weighted by Gasteiger charge is -2.42. The lowest BCUT2D eigenvalue weighted by atomic mass is 9.67. The molecule has 2 fully saturated rings. The van der Waals surface area contributed by atoms with Crippen molar-refractivity contribution in [3.8, 4) is 11.5 Å². The molecule has 28 heavy (non-hydrogen) atoms. The van der Waals surface area contributed by atoms with Gasteiger partial charge >= 0.3 is 0 Å². The Balaban J connectivity index is 1.32. The van der Waals surface area contributed by atoms with Crippen molar-refractivity contribution in [3.05, 3.63) is 71.8 Å². The molecule has 2 aliphatic rings. The Labute approximate surface area is 164 Å². The molecule has 0 aliphatic heterocycles. The van der Waals surface area contributed by atoms with Crippen molar-refractivity contribution in [2.75, 3.05) is 13.6 Å². The topological polar surface area (TPSA) is 42.2 Å². The van der Waals surface area contributed by atoms with E-state index in [4.69, 9.17) is 4.52 Å². The second-order valence-corrected chi connectivity index (χ2v) is 8.30. The Morgan fingerprint density at radius 3 is 2.68 bits per heavy atom. The van der Waals surface area contributed by atoms with E-state index in [1.807, 2.05) is 0 Å². The molecule has 0 N–H and O–H groups in total. The Morgan fingerprint density at radius 1 is 1.14 bits per heavy atom. The third kappa shape index (κ3) is 3.14. The second-order valence-electron chi connectivity index (χ2n) is 8.30. The SMILES string of the molecule is CN(CC1(c2noc(-c3cccc(F)c3)n2)CCC1)[C@H]1CC1c1ccccc1. The molecule has 0 spiro atoms. The van der Waals surface area contributed by atoms with Gasteiger partial charge in [-0.1, -0.05) is 48.0 Å². The van der Waals surface area contributed by atoms with Gasteiger partial charge in [-0.05, 0) is 50.1 Å². The van der Waals surface area contributed by atoms with Crippen molar-refractivity contribution < 1.29 is 8.91 Å². The Hall–Kier alpha value is -2.53. The molecule has 0 radical (unpaired) electrons. The van der Waals surface area contributed by atoms with Crippen LogP contribution in [0.15, 0.2) is 59.1 Å². The molecule has 2 saturated carbocycles. The molecule has 2 atom stereocenters. The van der Waals surface area contributed by atoms with Crippen molar-refractivity contribution in [1.82, 2.24) is 15.0 Å². The summed E-state index contributed by atoms with van der Waals surface area (Å²) in [5.74, 6) is 1.49. The highest BCUT2D eigenvalue weighted by Crippen LogP contribution is 2.48. The number of aromatic nitrogens is 2. The minimum absolute atomic E-state index is 0.0480. The van der Waals surface area contributed by atoms with Crippen LogP contribution in [-0.2, 0) is 5.41 Å². The van der Waals surface area contributed by atoms with Gasteiger partial charge in [0.25, 0.3) is 5.89 Å². The molecule has 1 heterocycles. The van der Waals surface area contributed by atoms with Gasteiger partial charge in [-0.15, -0.1) is 0 Å². The Kier molecular flexibility index (Phi) is 4.27. The molecule has 2 aliphatic carbocycles. The minimum atomic E-state index is -0.295. The van der Waals surface area contributed by atoms with Crippen LogP contribution in [-0.4, -0.2) is 34.7 Å². The zero-order valence-electron chi connectivity index (χ0n) is 16.0. The van der Waals surface area contributed by atoms with E-state index in [2.05, 4.69) is 52.4 Å². The average Bonchev–Trinajstić information content (AvgIpc) is 3.34. The van der Waals surface area contributed by atoms with Crippen LogP contribution in [0.5, 0.6) is 0 Å². The fraction of sp³-hybridized carbons (Fsp3) is 0.391. The molecule has 3 aromatic rings. The number of nitrogens with zero attached hydrogens (tertiary/aromatic N) is 3. The third-order valence-electron chi connectivity index (χ3n) is 6.39. The molecule has 2 aromatic carbocycles. The zero-order chi connectivity index (χ0) is 19.1. The zero-order valence-corrected chi connectivity index (χ0v) is 16.0. The molecule has 0 amide bonds. The standard InChI is InChI=1S/C23H24FN3O/c1-27(20-14-19(20)16-7-3-2-4-8-16)15-23(11-6-12-23)22-25-21(28-26-22)17-9-5-10-18(24)13-17/h2-5,7-10,13,19-20H,6,11-12,14-15H2,1H3/t19?,20-/m0/s1. The summed E-state index contributed by atoms with van der Waals surface area (Å²) < 4.78 is 19.0. The van der Waals surface area contributed by atoms with Crippen molar-refractivity contribution in [3.63, 3.8) is 0 Å². The van der Waals surface area contributed by atoms with Crippen LogP contribution in [0.3, 0.4) is 0 Å². The van der Waals surface area contributed by atoms with Crippen LogP contribution in [0.2, 0.25) is 0 Å². The van der Waals surface area contributed by atoms with Crippen molar-refractivity contribution in [2.24, 2.45) is 0 Å². The van der Waals surface area contributed by atoms with Crippen LogP contribution < -0.4 is 0 Å². The first-order valence-electron chi connectivity index (χ1n) is 10.00. The van der Waals surface area contributed by atoms with Gasteiger partial charge in [-0.2, -0.15) is 4.98 Å². The number of hydrogen-bond donors (Lipinski definition) is 0. The predicted molar refractivity (Wildman–Crippen MR) is 105 cm³/mol. The third-order valence-corrected chi connectivity index (χ3v) is 6.39. The lowest BCUT2D eigenvalue weighted by molar-refractivity contribution is 0.141. The quantitative estimate of drug-likeness (QED) is 0.620. The number of hydrogen-bond acceptors (Lipinski definition) is 4. The van der Waals surface area contributed by atoms with Gasteiger partial charge in [0.15, 0.2) is 5.82 Å². The smallest absolute Gasteiger partial charge is 0.258 e. The molecule has 4 nitrogen and oxygen atoms in total. The fourth-order valence-corrected chi connectivity index (χ4v) is 4.56. The van der Waals surface area contributed by atoms with E-state index in [9.17, 15) is 4.39 Å². The second kappa shape index (κ2) is 6.82. The summed E-state index contributed by atoms with van der Waals surface area (Å²) >= 11 is 0. The lowest BCUT2D eigenvalue weighted by Crippen LogP contribution is -2.46. The number of likely N-dealkylation sites (N-methyl/N-ethyl adjacent to an activating group) is 1. The summed E-state index contributed by atoms with van der Waals surface area (Å²) in [6.45, 7) is 0.934. The van der Waals surface area contributed by atoms with Crippen molar-refractivity contribution >= 4 is 0 Å². The highest BCUT2D eigenvalue weighted by atomic mass is 19.1. The summed E-state index contributed by atoms with van der Waals surface area (Å²) in [6.07, 6.45) is 4.53. The van der Waals surface area contributed by atoms with Gasteiger partial charge in [0.05, 0.1) is 0 Å². The van der Waals surface area contributed by atoms with E-state index >= 15 is 0 Å². The summed E-state index contributed by atoms with van der Waals surface area (Å²) in [7, 11) is 2.21. The van der Waals surface area contributed by atoms with Crippen LogP contribution in [0.1, 0.15) is 43.0 Å². The number of rotatable bonds is 6. The number of halogens is 1. The van der Waals surface area contributed by atoms with E-state index in [1.165, 1.54) is 30.5 Å². The van der Waals surface area contributed by atoms with Gasteiger partial charge in [0.1, 0.15) is 5.82 Å². The van der Waals surface area contributed by atoms with Gasteiger partial charge in [-0.25, -0.2) is 4.39 Å². The average molecular weight is 377 g/mol. The molecule has 0 bridgehead atoms. The van der Waals surface area contributed by atoms with Crippen LogP contribution in [0, 0.1) is 5.82 Å². The van der Waals surface area contributed by atoms with Gasteiger partial charge in [0, 0.05) is 29.5 Å². The van der Waals surface area contributed by atoms with Crippen molar-refractivity contribution in [2.45, 2.75) is 43.1 Å². The summed E-state index contributed by atoms with van der Waals surface area (Å²) in [4.78, 5) is 7.12. The van der Waals surface area contributed by atoms with E-state index in [0.717, 1.165) is 25.2 Å². The van der Waals surface area contributed by atoms with E-state index < -0.39 is 0 Å². The molecule has 5 rings (SSSR count). The van der Waals surface area contributed by atoms with Crippen LogP contribution >= 0.6 is 0 Å². The highest BCUT2D eigenvalue weighted by Gasteiger charge is 2.48. The first kappa shape index (κ1) is 17.6. The molecule has 1 aromatic heterocycles. The molecular formula is C23H24FN3O. The van der Waals surface area contributed by atoms with Gasteiger partial charge < -0.3 is 9.42 Å². The minimum Gasteiger partial charge on any atom is -0.334 e. The largest absolute Gasteiger partial charge is 0.334 e. The van der Waals surface area contributed by atoms with E-state index in [1.54, 1.807) is 12.1 Å². The first-order valence-corrected chi connectivity index (χ1v) is 10.00. The monoisotopic (exact) mass is 377 g/mol. The van der Waals surface area contributed by atoms with Gasteiger partial charge in [0.2, 0.25) is 0 Å². The fourth-order valence-electron chi connectivity index (χ4n) is 4.56. The van der Waals surface area contributed by atoms with Crippen LogP contribution in [0.4, 0.5) is 4.39 Å². The molecular weight excluding hydrogens is 353 g/mol. The molecule has 0 saturated heterocycles. The van der Waals surface area contributed by atoms with Crippen molar-refractivity contribution in [1.29, 1.82) is 0 Å². The number of benzene rings is 2. The molecule has 1 unspecified atom stereocenters. The summed E-state index contributed by atoms with van der Waals surface area (Å²) in [6, 6.07) is 17.6. The Morgan fingerprint density at radius 2 is 1.96 bits per heavy atom. The molecule has 5 heteroatoms. The summed E-state index contributed by atoms with van der Waals surface area (Å²) in [5, 5.41) is 4.29. The highest BCUT2D eigenvalue weighted by molar-refractivity contribution is 5.52. The normalized spacial score (nSPS) is 22.8. The van der Waals surface area contributed by atoms with E-state index in [0.29, 0.717) is 23.4 Å². The van der Waals surface area contributed by atoms with Crippen LogP contribution in [0.25, 0.3) is 11.5 Å². The Bertz CT molecular complexity index is 967. The van der Waals surface area contributed by atoms with E-state index in [-0.39, 0.29) is 11.2 Å². The first-order chi connectivity index (χ1) is 13.6. The predicted octanol–water partition coefficient (Wildman–Crippen LogP) is 4.79.